The first-order chi connectivity index (χ1) is 9.61. The number of aromatic nitrogens is 1. The summed E-state index contributed by atoms with van der Waals surface area (Å²) in [7, 11) is 1.48. The van der Waals surface area contributed by atoms with Gasteiger partial charge in [0.1, 0.15) is 11.5 Å². The summed E-state index contributed by atoms with van der Waals surface area (Å²) in [6, 6.07) is 10.8. The summed E-state index contributed by atoms with van der Waals surface area (Å²) >= 11 is 0. The summed E-state index contributed by atoms with van der Waals surface area (Å²) in [5.41, 5.74) is 1.30. The SMILES string of the molecule is CNC(=O)C(=N)c1cccnc1Oc1ccc(C)cc1. The van der Waals surface area contributed by atoms with Crippen LogP contribution in [0.5, 0.6) is 11.6 Å². The van der Waals surface area contributed by atoms with Crippen LogP contribution in [0.4, 0.5) is 0 Å². The third kappa shape index (κ3) is 3.00. The van der Waals surface area contributed by atoms with E-state index in [-0.39, 0.29) is 11.6 Å². The number of rotatable bonds is 4. The van der Waals surface area contributed by atoms with E-state index in [4.69, 9.17) is 10.1 Å². The normalized spacial score (nSPS) is 9.90. The van der Waals surface area contributed by atoms with Crippen LogP contribution >= 0.6 is 0 Å². The van der Waals surface area contributed by atoms with Crippen molar-refractivity contribution in [3.8, 4) is 11.6 Å². The number of amides is 1. The average Bonchev–Trinajstić information content (AvgIpc) is 2.48. The molecule has 0 spiro atoms. The molecular weight excluding hydrogens is 254 g/mol. The zero-order chi connectivity index (χ0) is 14.5. The van der Waals surface area contributed by atoms with E-state index >= 15 is 0 Å². The van der Waals surface area contributed by atoms with E-state index in [1.807, 2.05) is 31.2 Å². The lowest BCUT2D eigenvalue weighted by Gasteiger charge is -2.10. The number of pyridine rings is 1. The van der Waals surface area contributed by atoms with Gasteiger partial charge < -0.3 is 10.1 Å². The van der Waals surface area contributed by atoms with Crippen molar-refractivity contribution in [3.63, 3.8) is 0 Å². The van der Waals surface area contributed by atoms with Gasteiger partial charge in [-0.05, 0) is 31.2 Å². The highest BCUT2D eigenvalue weighted by molar-refractivity contribution is 6.44. The van der Waals surface area contributed by atoms with Crippen LogP contribution in [-0.4, -0.2) is 23.7 Å². The zero-order valence-corrected chi connectivity index (χ0v) is 11.3. The fourth-order valence-electron chi connectivity index (χ4n) is 1.63. The van der Waals surface area contributed by atoms with Crippen molar-refractivity contribution in [1.82, 2.24) is 10.3 Å². The van der Waals surface area contributed by atoms with Crippen LogP contribution in [-0.2, 0) is 4.79 Å². The number of carbonyl (C=O) groups excluding carboxylic acids is 1. The van der Waals surface area contributed by atoms with Crippen LogP contribution in [0.1, 0.15) is 11.1 Å². The van der Waals surface area contributed by atoms with Crippen LogP contribution in [0.25, 0.3) is 0 Å². The molecule has 2 N–H and O–H groups in total. The van der Waals surface area contributed by atoms with Crippen LogP contribution in [0.2, 0.25) is 0 Å². The molecule has 1 amide bonds. The fourth-order valence-corrected chi connectivity index (χ4v) is 1.63. The number of ether oxygens (including phenoxy) is 1. The maximum Gasteiger partial charge on any atom is 0.269 e. The number of benzene rings is 1. The van der Waals surface area contributed by atoms with Gasteiger partial charge in [0.05, 0.1) is 5.56 Å². The summed E-state index contributed by atoms with van der Waals surface area (Å²) in [6.45, 7) is 1.98. The predicted octanol–water partition coefficient (Wildman–Crippen LogP) is 2.30. The van der Waals surface area contributed by atoms with E-state index in [1.54, 1.807) is 18.3 Å². The third-order valence-electron chi connectivity index (χ3n) is 2.73. The van der Waals surface area contributed by atoms with Crippen molar-refractivity contribution < 1.29 is 9.53 Å². The lowest BCUT2D eigenvalue weighted by atomic mass is 10.1. The highest BCUT2D eigenvalue weighted by atomic mass is 16.5. The maximum atomic E-state index is 11.5. The summed E-state index contributed by atoms with van der Waals surface area (Å²) in [5, 5.41) is 10.3. The van der Waals surface area contributed by atoms with E-state index in [2.05, 4.69) is 10.3 Å². The Hall–Kier alpha value is -2.69. The Morgan fingerprint density at radius 3 is 2.60 bits per heavy atom. The topological polar surface area (TPSA) is 75.1 Å². The smallest absolute Gasteiger partial charge is 0.269 e. The quantitative estimate of drug-likeness (QED) is 0.836. The van der Waals surface area contributed by atoms with E-state index < -0.39 is 5.91 Å². The molecule has 2 rings (SSSR count). The Bertz CT molecular complexity index is 636. The Labute approximate surface area is 117 Å². The molecule has 0 saturated heterocycles. The van der Waals surface area contributed by atoms with Gasteiger partial charge in [0.25, 0.3) is 5.91 Å². The van der Waals surface area contributed by atoms with Crippen LogP contribution in [0.3, 0.4) is 0 Å². The molecule has 0 fully saturated rings. The molecule has 0 radical (unpaired) electrons. The van der Waals surface area contributed by atoms with Gasteiger partial charge in [-0.15, -0.1) is 0 Å². The van der Waals surface area contributed by atoms with E-state index in [0.29, 0.717) is 11.3 Å². The minimum absolute atomic E-state index is 0.178. The van der Waals surface area contributed by atoms with Gasteiger partial charge in [0.15, 0.2) is 0 Å². The molecule has 1 aromatic heterocycles. The summed E-state index contributed by atoms with van der Waals surface area (Å²) < 4.78 is 5.65. The number of hydrogen-bond donors (Lipinski definition) is 2. The zero-order valence-electron chi connectivity index (χ0n) is 11.3. The number of carbonyl (C=O) groups is 1. The van der Waals surface area contributed by atoms with E-state index in [1.165, 1.54) is 7.05 Å². The molecule has 20 heavy (non-hydrogen) atoms. The molecule has 5 nitrogen and oxygen atoms in total. The highest BCUT2D eigenvalue weighted by Gasteiger charge is 2.16. The van der Waals surface area contributed by atoms with Crippen molar-refractivity contribution in [3.05, 3.63) is 53.7 Å². The van der Waals surface area contributed by atoms with Gasteiger partial charge in [0, 0.05) is 13.2 Å². The van der Waals surface area contributed by atoms with Crippen LogP contribution in [0.15, 0.2) is 42.6 Å². The molecule has 0 saturated carbocycles. The number of nitrogens with one attached hydrogen (secondary N) is 2. The third-order valence-corrected chi connectivity index (χ3v) is 2.73. The van der Waals surface area contributed by atoms with Crippen LogP contribution < -0.4 is 10.1 Å². The fraction of sp³-hybridized carbons (Fsp3) is 0.133. The predicted molar refractivity (Wildman–Crippen MR) is 76.4 cm³/mol. The monoisotopic (exact) mass is 269 g/mol. The lowest BCUT2D eigenvalue weighted by Crippen LogP contribution is -2.27. The van der Waals surface area contributed by atoms with Crippen molar-refractivity contribution in [2.45, 2.75) is 6.92 Å². The Kier molecular flexibility index (Phi) is 4.10. The van der Waals surface area contributed by atoms with E-state index in [0.717, 1.165) is 5.56 Å². The molecule has 0 aliphatic rings. The molecule has 0 atom stereocenters. The first kappa shape index (κ1) is 13.7. The summed E-state index contributed by atoms with van der Waals surface area (Å²) in [4.78, 5) is 15.6. The maximum absolute atomic E-state index is 11.5. The average molecular weight is 269 g/mol. The second-order valence-corrected chi connectivity index (χ2v) is 4.23. The van der Waals surface area contributed by atoms with Crippen molar-refractivity contribution >= 4 is 11.6 Å². The number of aryl methyl sites for hydroxylation is 1. The van der Waals surface area contributed by atoms with Gasteiger partial charge in [-0.1, -0.05) is 17.7 Å². The molecule has 1 heterocycles. The molecular formula is C15H15N3O2. The lowest BCUT2D eigenvalue weighted by molar-refractivity contribution is -0.114. The second kappa shape index (κ2) is 5.97. The molecule has 0 aliphatic heterocycles. The van der Waals surface area contributed by atoms with Gasteiger partial charge in [-0.25, -0.2) is 4.98 Å². The number of likely N-dealkylation sites (N-methyl/N-ethyl adjacent to an activating group) is 1. The summed E-state index contributed by atoms with van der Waals surface area (Å²) in [5.74, 6) is 0.372. The van der Waals surface area contributed by atoms with Crippen molar-refractivity contribution in [1.29, 1.82) is 5.41 Å². The molecule has 1 aromatic carbocycles. The highest BCUT2D eigenvalue weighted by Crippen LogP contribution is 2.23. The van der Waals surface area contributed by atoms with Gasteiger partial charge >= 0.3 is 0 Å². The Balaban J connectivity index is 2.30. The van der Waals surface area contributed by atoms with Gasteiger partial charge in [-0.2, -0.15) is 0 Å². The standard InChI is InChI=1S/C15H15N3O2/c1-10-5-7-11(8-6-10)20-15-12(4-3-9-18-15)13(16)14(19)17-2/h3-9,16H,1-2H3,(H,17,19). The minimum Gasteiger partial charge on any atom is -0.438 e. The van der Waals surface area contributed by atoms with Crippen LogP contribution in [0, 0.1) is 12.3 Å². The molecule has 5 heteroatoms. The molecule has 0 bridgehead atoms. The summed E-state index contributed by atoms with van der Waals surface area (Å²) in [6.07, 6.45) is 1.56. The van der Waals surface area contributed by atoms with Gasteiger partial charge in [0.2, 0.25) is 5.88 Å². The Morgan fingerprint density at radius 1 is 1.25 bits per heavy atom. The molecule has 2 aromatic rings. The first-order valence-electron chi connectivity index (χ1n) is 6.12. The van der Waals surface area contributed by atoms with Crippen molar-refractivity contribution in [2.24, 2.45) is 0 Å². The first-order valence-corrected chi connectivity index (χ1v) is 6.12. The van der Waals surface area contributed by atoms with E-state index in [9.17, 15) is 4.79 Å². The molecule has 0 aliphatic carbocycles. The number of hydrogen-bond acceptors (Lipinski definition) is 4. The van der Waals surface area contributed by atoms with Gasteiger partial charge in [-0.3, -0.25) is 10.2 Å². The number of nitrogens with zero attached hydrogens (tertiary/aromatic N) is 1. The second-order valence-electron chi connectivity index (χ2n) is 4.23. The molecule has 0 unspecified atom stereocenters. The minimum atomic E-state index is -0.480. The Morgan fingerprint density at radius 2 is 1.95 bits per heavy atom. The van der Waals surface area contributed by atoms with Crippen molar-refractivity contribution in [2.75, 3.05) is 7.05 Å². The molecule has 102 valence electrons. The largest absolute Gasteiger partial charge is 0.438 e.